The number of aryl methyl sites for hydroxylation is 1. The fourth-order valence-electron chi connectivity index (χ4n) is 4.72. The molecule has 2 heterocycles. The molecule has 2 aliphatic heterocycles. The molecule has 0 aliphatic carbocycles. The first-order chi connectivity index (χ1) is 16.0. The first-order valence-electron chi connectivity index (χ1n) is 11.8. The predicted octanol–water partition coefficient (Wildman–Crippen LogP) is 4.12. The van der Waals surface area contributed by atoms with Crippen molar-refractivity contribution >= 4 is 12.0 Å². The molecule has 2 aromatic rings. The topological polar surface area (TPSA) is 70.7 Å². The second kappa shape index (κ2) is 10.7. The minimum absolute atomic E-state index is 0.287. The molecule has 2 amide bonds. The number of rotatable bonds is 7. The van der Waals surface area contributed by atoms with E-state index in [9.17, 15) is 9.59 Å². The van der Waals surface area contributed by atoms with Gasteiger partial charge in [-0.1, -0.05) is 60.2 Å². The zero-order valence-electron chi connectivity index (χ0n) is 19.5. The highest BCUT2D eigenvalue weighted by molar-refractivity contribution is 5.95. The summed E-state index contributed by atoms with van der Waals surface area (Å²) in [4.78, 5) is 27.8. The highest BCUT2D eigenvalue weighted by Gasteiger charge is 2.34. The van der Waals surface area contributed by atoms with Crippen LogP contribution in [-0.2, 0) is 16.0 Å². The highest BCUT2D eigenvalue weighted by atomic mass is 16.5. The second-order valence-corrected chi connectivity index (χ2v) is 8.96. The number of nitrogens with zero attached hydrogens (tertiary/aromatic N) is 1. The molecule has 33 heavy (non-hydrogen) atoms. The Morgan fingerprint density at radius 2 is 1.76 bits per heavy atom. The van der Waals surface area contributed by atoms with E-state index in [0.717, 1.165) is 43.5 Å². The van der Waals surface area contributed by atoms with E-state index in [-0.39, 0.29) is 18.6 Å². The quantitative estimate of drug-likeness (QED) is 0.627. The van der Waals surface area contributed by atoms with Crippen LogP contribution < -0.4 is 10.6 Å². The lowest BCUT2D eigenvalue weighted by Crippen LogP contribution is -2.49. The Balaban J connectivity index is 1.50. The Hall–Kier alpha value is -3.12. The van der Waals surface area contributed by atoms with Gasteiger partial charge in [0.15, 0.2) is 0 Å². The number of ether oxygens (including phenoxy) is 1. The monoisotopic (exact) mass is 447 g/mol. The van der Waals surface area contributed by atoms with Crippen LogP contribution >= 0.6 is 0 Å². The number of esters is 1. The van der Waals surface area contributed by atoms with E-state index in [1.807, 2.05) is 31.2 Å². The number of benzene rings is 2. The maximum atomic E-state index is 13.0. The van der Waals surface area contributed by atoms with Crippen molar-refractivity contribution in [2.24, 2.45) is 5.92 Å². The molecule has 6 heteroatoms. The molecular formula is C27H33N3O3. The van der Waals surface area contributed by atoms with Crippen LogP contribution in [0.3, 0.4) is 0 Å². The van der Waals surface area contributed by atoms with Crippen LogP contribution in [0.1, 0.15) is 42.5 Å². The Morgan fingerprint density at radius 3 is 2.42 bits per heavy atom. The normalized spacial score (nSPS) is 19.7. The summed E-state index contributed by atoms with van der Waals surface area (Å²) < 4.78 is 5.39. The summed E-state index contributed by atoms with van der Waals surface area (Å²) in [5.41, 5.74) is 4.52. The molecule has 4 rings (SSSR count). The molecule has 0 spiro atoms. The van der Waals surface area contributed by atoms with Crippen molar-refractivity contribution in [1.29, 1.82) is 0 Å². The number of urea groups is 1. The number of carbonyl (C=O) groups is 2. The van der Waals surface area contributed by atoms with Gasteiger partial charge in [0.05, 0.1) is 18.2 Å². The van der Waals surface area contributed by atoms with Gasteiger partial charge in [-0.2, -0.15) is 0 Å². The van der Waals surface area contributed by atoms with Gasteiger partial charge in [-0.3, -0.25) is 4.90 Å². The van der Waals surface area contributed by atoms with Gasteiger partial charge in [0.25, 0.3) is 0 Å². The highest BCUT2D eigenvalue weighted by Crippen LogP contribution is 2.29. The zero-order valence-corrected chi connectivity index (χ0v) is 19.5. The largest absolute Gasteiger partial charge is 0.463 e. The van der Waals surface area contributed by atoms with Crippen LogP contribution in [0.5, 0.6) is 0 Å². The second-order valence-electron chi connectivity index (χ2n) is 8.96. The Labute approximate surface area is 196 Å². The van der Waals surface area contributed by atoms with Gasteiger partial charge in [0.2, 0.25) is 0 Å². The molecule has 6 nitrogen and oxygen atoms in total. The molecule has 0 radical (unpaired) electrons. The van der Waals surface area contributed by atoms with E-state index < -0.39 is 6.04 Å². The number of hydrogen-bond donors (Lipinski definition) is 2. The summed E-state index contributed by atoms with van der Waals surface area (Å²) in [7, 11) is 0. The van der Waals surface area contributed by atoms with Crippen molar-refractivity contribution in [2.75, 3.05) is 26.2 Å². The predicted molar refractivity (Wildman–Crippen MR) is 129 cm³/mol. The van der Waals surface area contributed by atoms with E-state index in [2.05, 4.69) is 45.9 Å². The minimum atomic E-state index is -0.524. The molecule has 1 fully saturated rings. The maximum absolute atomic E-state index is 13.0. The number of hydrogen-bond acceptors (Lipinski definition) is 4. The number of nitrogens with one attached hydrogen (secondary N) is 2. The van der Waals surface area contributed by atoms with Crippen LogP contribution in [0.4, 0.5) is 4.79 Å². The van der Waals surface area contributed by atoms with Crippen molar-refractivity contribution in [3.05, 3.63) is 82.6 Å². The number of piperidine rings is 1. The van der Waals surface area contributed by atoms with Crippen LogP contribution in [-0.4, -0.2) is 43.1 Å². The first kappa shape index (κ1) is 23.1. The van der Waals surface area contributed by atoms with Crippen molar-refractivity contribution < 1.29 is 14.3 Å². The van der Waals surface area contributed by atoms with Gasteiger partial charge in [0, 0.05) is 12.2 Å². The molecular weight excluding hydrogens is 414 g/mol. The van der Waals surface area contributed by atoms with E-state index in [1.165, 1.54) is 5.56 Å². The summed E-state index contributed by atoms with van der Waals surface area (Å²) in [6.07, 6.45) is 3.30. The van der Waals surface area contributed by atoms with Gasteiger partial charge in [-0.05, 0) is 63.2 Å². The van der Waals surface area contributed by atoms with Crippen molar-refractivity contribution in [2.45, 2.75) is 39.2 Å². The van der Waals surface area contributed by atoms with E-state index in [1.54, 1.807) is 6.92 Å². The first-order valence-corrected chi connectivity index (χ1v) is 11.8. The SMILES string of the molecule is CCOC(=O)C1=C(CN2CCC(Cc3ccccc3)CC2)NC(=O)N[C@@H]1c1ccc(C)cc1. The van der Waals surface area contributed by atoms with Gasteiger partial charge in [-0.15, -0.1) is 0 Å². The van der Waals surface area contributed by atoms with Crippen LogP contribution in [0, 0.1) is 12.8 Å². The van der Waals surface area contributed by atoms with E-state index in [0.29, 0.717) is 23.7 Å². The number of likely N-dealkylation sites (tertiary alicyclic amines) is 1. The number of carbonyl (C=O) groups excluding carboxylic acids is 2. The maximum Gasteiger partial charge on any atom is 0.338 e. The third-order valence-electron chi connectivity index (χ3n) is 6.52. The fraction of sp³-hybridized carbons (Fsp3) is 0.407. The van der Waals surface area contributed by atoms with Crippen LogP contribution in [0.15, 0.2) is 65.9 Å². The van der Waals surface area contributed by atoms with Crippen LogP contribution in [0.2, 0.25) is 0 Å². The Bertz CT molecular complexity index is 993. The van der Waals surface area contributed by atoms with Crippen molar-refractivity contribution in [1.82, 2.24) is 15.5 Å². The van der Waals surface area contributed by atoms with E-state index >= 15 is 0 Å². The summed E-state index contributed by atoms with van der Waals surface area (Å²) >= 11 is 0. The van der Waals surface area contributed by atoms with Gasteiger partial charge >= 0.3 is 12.0 Å². The molecule has 1 saturated heterocycles. The Kier molecular flexibility index (Phi) is 7.45. The van der Waals surface area contributed by atoms with Gasteiger partial charge in [0.1, 0.15) is 0 Å². The molecule has 174 valence electrons. The lowest BCUT2D eigenvalue weighted by atomic mass is 9.89. The third-order valence-corrected chi connectivity index (χ3v) is 6.52. The molecule has 0 saturated carbocycles. The molecule has 0 unspecified atom stereocenters. The Morgan fingerprint density at radius 1 is 1.06 bits per heavy atom. The third kappa shape index (κ3) is 5.82. The van der Waals surface area contributed by atoms with Gasteiger partial charge in [-0.25, -0.2) is 9.59 Å². The number of amides is 2. The zero-order chi connectivity index (χ0) is 23.2. The molecule has 2 aromatic carbocycles. The van der Waals surface area contributed by atoms with Crippen LogP contribution in [0.25, 0.3) is 0 Å². The lowest BCUT2D eigenvalue weighted by Gasteiger charge is -2.35. The summed E-state index contributed by atoms with van der Waals surface area (Å²) in [6.45, 7) is 6.51. The fourth-order valence-corrected chi connectivity index (χ4v) is 4.72. The lowest BCUT2D eigenvalue weighted by molar-refractivity contribution is -0.139. The summed E-state index contributed by atoms with van der Waals surface area (Å²) in [5, 5.41) is 5.82. The smallest absolute Gasteiger partial charge is 0.338 e. The minimum Gasteiger partial charge on any atom is -0.463 e. The average molecular weight is 448 g/mol. The molecule has 0 bridgehead atoms. The molecule has 2 N–H and O–H groups in total. The summed E-state index contributed by atoms with van der Waals surface area (Å²) in [5.74, 6) is 0.273. The summed E-state index contributed by atoms with van der Waals surface area (Å²) in [6, 6.07) is 17.7. The standard InChI is InChI=1S/C27H33N3O3/c1-3-33-26(31)24-23(28-27(32)29-25(24)22-11-9-19(2)10-12-22)18-30-15-13-21(14-16-30)17-20-7-5-4-6-8-20/h4-12,21,25H,3,13-18H2,1-2H3,(H2,28,29,32)/t25-/m1/s1. The molecule has 2 aliphatic rings. The van der Waals surface area contributed by atoms with Crippen molar-refractivity contribution in [3.63, 3.8) is 0 Å². The molecule has 1 atom stereocenters. The average Bonchev–Trinajstić information content (AvgIpc) is 2.81. The van der Waals surface area contributed by atoms with Crippen molar-refractivity contribution in [3.8, 4) is 0 Å². The van der Waals surface area contributed by atoms with E-state index in [4.69, 9.17) is 4.74 Å². The molecule has 0 aromatic heterocycles. The van der Waals surface area contributed by atoms with Gasteiger partial charge < -0.3 is 15.4 Å².